The minimum Gasteiger partial charge on any atom is -0.481 e. The van der Waals surface area contributed by atoms with E-state index in [-0.39, 0.29) is 11.7 Å². The van der Waals surface area contributed by atoms with Crippen LogP contribution in [0.4, 0.5) is 13.2 Å². The number of alkyl halides is 3. The number of hydrogen-bond donors (Lipinski definition) is 1. The maximum Gasteiger partial charge on any atom is 0.417 e. The Kier molecular flexibility index (Phi) is 4.39. The van der Waals surface area contributed by atoms with Crippen molar-refractivity contribution in [2.45, 2.75) is 29.8 Å². The van der Waals surface area contributed by atoms with E-state index in [0.717, 1.165) is 24.0 Å². The van der Waals surface area contributed by atoms with E-state index < -0.39 is 17.7 Å². The molecule has 0 spiro atoms. The molecule has 1 unspecified atom stereocenters. The molecule has 1 atom stereocenters. The largest absolute Gasteiger partial charge is 0.481 e. The summed E-state index contributed by atoms with van der Waals surface area (Å²) in [6.07, 6.45) is -3.72. The van der Waals surface area contributed by atoms with Crippen LogP contribution in [0, 0.1) is 0 Å². The van der Waals surface area contributed by atoms with Crippen LogP contribution in [0.5, 0.6) is 0 Å². The molecule has 1 aromatic heterocycles. The molecule has 94 valence electrons. The monoisotopic (exact) mass is 265 g/mol. The molecule has 0 saturated heterocycles. The molecule has 0 amide bonds. The van der Waals surface area contributed by atoms with Crippen molar-refractivity contribution in [1.29, 1.82) is 0 Å². The summed E-state index contributed by atoms with van der Waals surface area (Å²) in [6, 6.07) is 2.18. The molecular formula is C10H10F3NO2S. The predicted octanol–water partition coefficient (Wildman–Crippen LogP) is 3.06. The van der Waals surface area contributed by atoms with Crippen LogP contribution < -0.4 is 0 Å². The van der Waals surface area contributed by atoms with Gasteiger partial charge in [-0.3, -0.25) is 4.79 Å². The van der Waals surface area contributed by atoms with Gasteiger partial charge < -0.3 is 5.11 Å². The smallest absolute Gasteiger partial charge is 0.417 e. The van der Waals surface area contributed by atoms with Gasteiger partial charge in [0.25, 0.3) is 0 Å². The van der Waals surface area contributed by atoms with Crippen molar-refractivity contribution in [3.05, 3.63) is 23.9 Å². The molecule has 0 aliphatic rings. The number of halogens is 3. The number of thioether (sulfide) groups is 1. The highest BCUT2D eigenvalue weighted by Crippen LogP contribution is 2.30. The molecule has 7 heteroatoms. The van der Waals surface area contributed by atoms with Gasteiger partial charge in [-0.1, -0.05) is 6.92 Å². The summed E-state index contributed by atoms with van der Waals surface area (Å²) in [5.74, 6) is -0.947. The first-order valence-corrected chi connectivity index (χ1v) is 5.58. The highest BCUT2D eigenvalue weighted by Gasteiger charge is 2.30. The van der Waals surface area contributed by atoms with Gasteiger partial charge in [0.1, 0.15) is 0 Å². The first-order chi connectivity index (χ1) is 7.79. The van der Waals surface area contributed by atoms with Gasteiger partial charge >= 0.3 is 12.1 Å². The molecule has 1 rings (SSSR count). The van der Waals surface area contributed by atoms with Crippen molar-refractivity contribution in [2.75, 3.05) is 0 Å². The molecule has 1 aromatic rings. The quantitative estimate of drug-likeness (QED) is 0.850. The van der Waals surface area contributed by atoms with E-state index in [9.17, 15) is 18.0 Å². The van der Waals surface area contributed by atoms with Gasteiger partial charge in [0, 0.05) is 11.4 Å². The van der Waals surface area contributed by atoms with Gasteiger partial charge in [-0.25, -0.2) is 4.98 Å². The Balaban J connectivity index is 2.66. The van der Waals surface area contributed by atoms with Crippen LogP contribution >= 0.6 is 11.8 Å². The molecule has 0 saturated carbocycles. The average Bonchev–Trinajstić information content (AvgIpc) is 2.15. The number of rotatable bonds is 4. The molecular weight excluding hydrogens is 255 g/mol. The van der Waals surface area contributed by atoms with E-state index in [0.29, 0.717) is 5.03 Å². The van der Waals surface area contributed by atoms with E-state index in [4.69, 9.17) is 5.11 Å². The van der Waals surface area contributed by atoms with Crippen molar-refractivity contribution in [3.63, 3.8) is 0 Å². The number of aromatic nitrogens is 1. The van der Waals surface area contributed by atoms with Crippen LogP contribution in [0.15, 0.2) is 23.4 Å². The number of carbonyl (C=O) groups is 1. The van der Waals surface area contributed by atoms with Crippen molar-refractivity contribution in [2.24, 2.45) is 0 Å². The van der Waals surface area contributed by atoms with E-state index in [2.05, 4.69) is 4.98 Å². The van der Waals surface area contributed by atoms with Crippen molar-refractivity contribution in [3.8, 4) is 0 Å². The summed E-state index contributed by atoms with van der Waals surface area (Å²) in [6.45, 7) is 1.68. The van der Waals surface area contributed by atoms with Crippen LogP contribution in [0.3, 0.4) is 0 Å². The summed E-state index contributed by atoms with van der Waals surface area (Å²) in [7, 11) is 0. The first kappa shape index (κ1) is 13.8. The third-order valence-electron chi connectivity index (χ3n) is 1.85. The number of carboxylic acids is 1. The van der Waals surface area contributed by atoms with E-state index in [1.165, 1.54) is 6.07 Å². The van der Waals surface area contributed by atoms with Gasteiger partial charge in [-0.2, -0.15) is 13.2 Å². The van der Waals surface area contributed by atoms with E-state index >= 15 is 0 Å². The van der Waals surface area contributed by atoms with E-state index in [1.807, 2.05) is 0 Å². The maximum absolute atomic E-state index is 12.2. The fraction of sp³-hybridized carbons (Fsp3) is 0.400. The second-order valence-electron chi connectivity index (χ2n) is 3.41. The van der Waals surface area contributed by atoms with Crippen LogP contribution in [0.25, 0.3) is 0 Å². The molecule has 0 aliphatic carbocycles. The highest BCUT2D eigenvalue weighted by atomic mass is 32.2. The second kappa shape index (κ2) is 5.39. The van der Waals surface area contributed by atoms with Gasteiger partial charge in [-0.05, 0) is 12.1 Å². The van der Waals surface area contributed by atoms with Gasteiger partial charge in [0.05, 0.1) is 17.0 Å². The fourth-order valence-corrected chi connectivity index (χ4v) is 2.01. The number of carboxylic acid groups (broad SMARTS) is 1. The Morgan fingerprint density at radius 2 is 2.18 bits per heavy atom. The molecule has 0 fully saturated rings. The van der Waals surface area contributed by atoms with Gasteiger partial charge in [0.2, 0.25) is 0 Å². The molecule has 0 aromatic carbocycles. The van der Waals surface area contributed by atoms with Crippen LogP contribution in [-0.4, -0.2) is 21.3 Å². The number of pyridine rings is 1. The lowest BCUT2D eigenvalue weighted by atomic mass is 10.3. The lowest BCUT2D eigenvalue weighted by Crippen LogP contribution is -2.07. The first-order valence-electron chi connectivity index (χ1n) is 4.70. The molecule has 3 nitrogen and oxygen atoms in total. The third-order valence-corrected chi connectivity index (χ3v) is 2.90. The van der Waals surface area contributed by atoms with Crippen LogP contribution in [0.1, 0.15) is 18.9 Å². The number of hydrogen-bond acceptors (Lipinski definition) is 3. The average molecular weight is 265 g/mol. The van der Waals surface area contributed by atoms with Crippen LogP contribution in [-0.2, 0) is 11.0 Å². The second-order valence-corrected chi connectivity index (χ2v) is 4.87. The zero-order valence-electron chi connectivity index (χ0n) is 8.86. The SMILES string of the molecule is CC(CC(=O)O)Sc1ccc(C(F)(F)F)cn1. The lowest BCUT2D eigenvalue weighted by Gasteiger charge is -2.09. The number of nitrogens with zero attached hydrogens (tertiary/aromatic N) is 1. The minimum absolute atomic E-state index is 0.0621. The summed E-state index contributed by atoms with van der Waals surface area (Å²) in [4.78, 5) is 14.0. The molecule has 1 heterocycles. The van der Waals surface area contributed by atoms with Gasteiger partial charge in [-0.15, -0.1) is 11.8 Å². The lowest BCUT2D eigenvalue weighted by molar-refractivity contribution is -0.138. The zero-order valence-corrected chi connectivity index (χ0v) is 9.68. The summed E-state index contributed by atoms with van der Waals surface area (Å²) < 4.78 is 36.7. The number of aliphatic carboxylic acids is 1. The fourth-order valence-electron chi connectivity index (χ4n) is 1.11. The maximum atomic E-state index is 12.2. The standard InChI is InChI=1S/C10H10F3NO2S/c1-6(4-9(15)16)17-8-3-2-7(5-14-8)10(11,12)13/h2-3,5-6H,4H2,1H3,(H,15,16). The van der Waals surface area contributed by atoms with Crippen LogP contribution in [0.2, 0.25) is 0 Å². The Morgan fingerprint density at radius 1 is 1.53 bits per heavy atom. The van der Waals surface area contributed by atoms with Crippen molar-refractivity contribution < 1.29 is 23.1 Å². The highest BCUT2D eigenvalue weighted by molar-refractivity contribution is 7.99. The molecule has 0 aliphatic heterocycles. The van der Waals surface area contributed by atoms with Crippen molar-refractivity contribution >= 4 is 17.7 Å². The molecule has 1 N–H and O–H groups in total. The molecule has 0 radical (unpaired) electrons. The third kappa shape index (κ3) is 4.64. The Bertz CT molecular complexity index is 392. The Morgan fingerprint density at radius 3 is 2.59 bits per heavy atom. The Labute approximate surface area is 100 Å². The molecule has 17 heavy (non-hydrogen) atoms. The predicted molar refractivity (Wildman–Crippen MR) is 56.8 cm³/mol. The summed E-state index contributed by atoms with van der Waals surface area (Å²) >= 11 is 1.13. The van der Waals surface area contributed by atoms with Crippen molar-refractivity contribution in [1.82, 2.24) is 4.98 Å². The topological polar surface area (TPSA) is 50.2 Å². The summed E-state index contributed by atoms with van der Waals surface area (Å²) in [5.41, 5.74) is -0.812. The van der Waals surface area contributed by atoms with E-state index in [1.54, 1.807) is 6.92 Å². The minimum atomic E-state index is -4.40. The normalized spacial score (nSPS) is 13.4. The van der Waals surface area contributed by atoms with Gasteiger partial charge in [0.15, 0.2) is 0 Å². The zero-order chi connectivity index (χ0) is 13.1. The Hall–Kier alpha value is -1.24. The molecule has 0 bridgehead atoms. The summed E-state index contributed by atoms with van der Waals surface area (Å²) in [5, 5.41) is 8.67.